The van der Waals surface area contributed by atoms with E-state index in [-0.39, 0.29) is 0 Å². The Balaban J connectivity index is 2.57. The number of rotatable bonds is 3. The third-order valence-corrected chi connectivity index (χ3v) is 2.76. The molecule has 0 radical (unpaired) electrons. The Morgan fingerprint density at radius 2 is 2.00 bits per heavy atom. The van der Waals surface area contributed by atoms with Gasteiger partial charge >= 0.3 is 0 Å². The number of aryl methyl sites for hydroxylation is 2. The second kappa shape index (κ2) is 5.04. The predicted octanol–water partition coefficient (Wildman–Crippen LogP) is 2.61. The molecule has 0 amide bonds. The summed E-state index contributed by atoms with van der Waals surface area (Å²) in [5, 5.41) is 0. The number of nitrogens with two attached hydrogens (primary N) is 1. The normalized spacial score (nSPS) is 10.4. The minimum Gasteiger partial charge on any atom is -0.496 e. The van der Waals surface area contributed by atoms with Crippen LogP contribution >= 0.6 is 0 Å². The van der Waals surface area contributed by atoms with Gasteiger partial charge in [-0.3, -0.25) is 0 Å². The topological polar surface area (TPSA) is 61.0 Å². The first-order valence-corrected chi connectivity index (χ1v) is 5.92. The van der Waals surface area contributed by atoms with E-state index in [1.54, 1.807) is 13.2 Å². The van der Waals surface area contributed by atoms with Gasteiger partial charge in [-0.05, 0) is 31.0 Å². The summed E-state index contributed by atoms with van der Waals surface area (Å²) in [6.45, 7) is 4.06. The van der Waals surface area contributed by atoms with Crippen LogP contribution < -0.4 is 10.5 Å². The van der Waals surface area contributed by atoms with Crippen LogP contribution in [0.4, 0.5) is 5.82 Å². The smallest absolute Gasteiger partial charge is 0.165 e. The highest BCUT2D eigenvalue weighted by molar-refractivity contribution is 5.66. The van der Waals surface area contributed by atoms with Crippen molar-refractivity contribution in [2.45, 2.75) is 20.3 Å². The van der Waals surface area contributed by atoms with E-state index >= 15 is 0 Å². The van der Waals surface area contributed by atoms with Crippen LogP contribution in [0.15, 0.2) is 24.3 Å². The van der Waals surface area contributed by atoms with Crippen LogP contribution in [0.5, 0.6) is 5.75 Å². The third kappa shape index (κ3) is 2.42. The van der Waals surface area contributed by atoms with E-state index in [0.29, 0.717) is 11.6 Å². The molecule has 4 heteroatoms. The minimum atomic E-state index is 0.486. The van der Waals surface area contributed by atoms with Gasteiger partial charge in [0, 0.05) is 11.8 Å². The summed E-state index contributed by atoms with van der Waals surface area (Å²) in [5.41, 5.74) is 8.73. The van der Waals surface area contributed by atoms with Crippen LogP contribution in [0.1, 0.15) is 18.2 Å². The van der Waals surface area contributed by atoms with Crippen LogP contribution in [-0.2, 0) is 6.42 Å². The largest absolute Gasteiger partial charge is 0.496 e. The minimum absolute atomic E-state index is 0.486. The van der Waals surface area contributed by atoms with Crippen molar-refractivity contribution in [2.24, 2.45) is 0 Å². The second-order valence-corrected chi connectivity index (χ2v) is 4.17. The number of nitrogens with zero attached hydrogens (tertiary/aromatic N) is 2. The van der Waals surface area contributed by atoms with Gasteiger partial charge in [0.15, 0.2) is 5.82 Å². The van der Waals surface area contributed by atoms with E-state index in [0.717, 1.165) is 29.0 Å². The van der Waals surface area contributed by atoms with E-state index in [1.807, 2.05) is 32.0 Å². The number of ether oxygens (including phenoxy) is 1. The quantitative estimate of drug-likeness (QED) is 0.900. The van der Waals surface area contributed by atoms with Gasteiger partial charge in [0.05, 0.1) is 12.7 Å². The number of hydrogen-bond acceptors (Lipinski definition) is 4. The molecule has 1 aromatic heterocycles. The van der Waals surface area contributed by atoms with E-state index < -0.39 is 0 Å². The number of benzene rings is 1. The first kappa shape index (κ1) is 12.4. The SMILES string of the molecule is CCc1cc(N)nc(-c2ccc(C)cc2OC)n1. The number of nitrogen functional groups attached to an aromatic ring is 1. The molecule has 0 aliphatic carbocycles. The molecule has 0 saturated heterocycles. The zero-order valence-electron chi connectivity index (χ0n) is 10.9. The van der Waals surface area contributed by atoms with Crippen LogP contribution in [0.3, 0.4) is 0 Å². The lowest BCUT2D eigenvalue weighted by molar-refractivity contribution is 0.416. The highest BCUT2D eigenvalue weighted by Gasteiger charge is 2.10. The highest BCUT2D eigenvalue weighted by atomic mass is 16.5. The predicted molar refractivity (Wildman–Crippen MR) is 72.5 cm³/mol. The van der Waals surface area contributed by atoms with Gasteiger partial charge in [0.1, 0.15) is 11.6 Å². The first-order chi connectivity index (χ1) is 8.63. The maximum atomic E-state index is 5.80. The molecule has 4 nitrogen and oxygen atoms in total. The number of methoxy groups -OCH3 is 1. The lowest BCUT2D eigenvalue weighted by Crippen LogP contribution is -2.01. The summed E-state index contributed by atoms with van der Waals surface area (Å²) in [5.74, 6) is 1.87. The molecule has 18 heavy (non-hydrogen) atoms. The average molecular weight is 243 g/mol. The molecular formula is C14H17N3O. The van der Waals surface area contributed by atoms with Crippen molar-refractivity contribution in [1.82, 2.24) is 9.97 Å². The standard InChI is InChI=1S/C14H17N3O/c1-4-10-8-13(15)17-14(16-10)11-6-5-9(2)7-12(11)18-3/h5-8H,4H2,1-3H3,(H2,15,16,17). The van der Waals surface area contributed by atoms with Crippen molar-refractivity contribution in [3.63, 3.8) is 0 Å². The maximum absolute atomic E-state index is 5.80. The van der Waals surface area contributed by atoms with E-state index in [9.17, 15) is 0 Å². The van der Waals surface area contributed by atoms with Gasteiger partial charge in [-0.25, -0.2) is 9.97 Å². The van der Waals surface area contributed by atoms with Gasteiger partial charge in [0.2, 0.25) is 0 Å². The van der Waals surface area contributed by atoms with Crippen LogP contribution in [0.25, 0.3) is 11.4 Å². The molecule has 0 unspecified atom stereocenters. The number of anilines is 1. The summed E-state index contributed by atoms with van der Waals surface area (Å²) in [6.07, 6.45) is 0.827. The highest BCUT2D eigenvalue weighted by Crippen LogP contribution is 2.28. The van der Waals surface area contributed by atoms with Crippen LogP contribution in [0.2, 0.25) is 0 Å². The Morgan fingerprint density at radius 3 is 2.67 bits per heavy atom. The molecule has 0 aliphatic heterocycles. The summed E-state index contributed by atoms with van der Waals surface area (Å²) in [7, 11) is 1.64. The zero-order chi connectivity index (χ0) is 13.1. The van der Waals surface area contributed by atoms with Crippen molar-refractivity contribution in [3.05, 3.63) is 35.5 Å². The molecule has 2 rings (SSSR count). The fraction of sp³-hybridized carbons (Fsp3) is 0.286. The zero-order valence-corrected chi connectivity index (χ0v) is 10.9. The van der Waals surface area contributed by atoms with Crippen LogP contribution in [0, 0.1) is 6.92 Å². The molecule has 0 atom stereocenters. The Bertz CT molecular complexity index is 567. The summed E-state index contributed by atoms with van der Waals surface area (Å²) < 4.78 is 5.37. The van der Waals surface area contributed by atoms with Gasteiger partial charge in [0.25, 0.3) is 0 Å². The third-order valence-electron chi connectivity index (χ3n) is 2.76. The second-order valence-electron chi connectivity index (χ2n) is 4.17. The molecule has 1 heterocycles. The van der Waals surface area contributed by atoms with E-state index in [1.165, 1.54) is 0 Å². The van der Waals surface area contributed by atoms with E-state index in [2.05, 4.69) is 9.97 Å². The van der Waals surface area contributed by atoms with Crippen molar-refractivity contribution < 1.29 is 4.74 Å². The Morgan fingerprint density at radius 1 is 1.22 bits per heavy atom. The fourth-order valence-corrected chi connectivity index (χ4v) is 1.80. The van der Waals surface area contributed by atoms with Crippen molar-refractivity contribution in [1.29, 1.82) is 0 Å². The lowest BCUT2D eigenvalue weighted by Gasteiger charge is -2.09. The average Bonchev–Trinajstić information content (AvgIpc) is 2.37. The van der Waals surface area contributed by atoms with Crippen LogP contribution in [-0.4, -0.2) is 17.1 Å². The molecule has 94 valence electrons. The fourth-order valence-electron chi connectivity index (χ4n) is 1.80. The molecule has 0 fully saturated rings. The molecule has 0 spiro atoms. The molecule has 0 saturated carbocycles. The van der Waals surface area contributed by atoms with Gasteiger partial charge in [-0.2, -0.15) is 0 Å². The summed E-state index contributed by atoms with van der Waals surface area (Å²) in [4.78, 5) is 8.77. The molecule has 0 bridgehead atoms. The van der Waals surface area contributed by atoms with Gasteiger partial charge < -0.3 is 10.5 Å². The van der Waals surface area contributed by atoms with Gasteiger partial charge in [-0.15, -0.1) is 0 Å². The monoisotopic (exact) mass is 243 g/mol. The Labute approximate surface area is 107 Å². The van der Waals surface area contributed by atoms with Crippen molar-refractivity contribution >= 4 is 5.82 Å². The molecule has 1 aromatic carbocycles. The van der Waals surface area contributed by atoms with E-state index in [4.69, 9.17) is 10.5 Å². The van der Waals surface area contributed by atoms with Crippen molar-refractivity contribution in [2.75, 3.05) is 12.8 Å². The molecule has 2 N–H and O–H groups in total. The molecular weight excluding hydrogens is 226 g/mol. The Kier molecular flexibility index (Phi) is 3.46. The lowest BCUT2D eigenvalue weighted by atomic mass is 10.1. The molecule has 0 aliphatic rings. The Hall–Kier alpha value is -2.10. The molecule has 2 aromatic rings. The summed E-state index contributed by atoms with van der Waals surface area (Å²) >= 11 is 0. The first-order valence-electron chi connectivity index (χ1n) is 5.92. The number of hydrogen-bond donors (Lipinski definition) is 1. The number of aromatic nitrogens is 2. The van der Waals surface area contributed by atoms with Gasteiger partial charge in [-0.1, -0.05) is 13.0 Å². The maximum Gasteiger partial charge on any atom is 0.165 e. The summed E-state index contributed by atoms with van der Waals surface area (Å²) in [6, 6.07) is 7.73. The van der Waals surface area contributed by atoms with Crippen molar-refractivity contribution in [3.8, 4) is 17.1 Å².